The average molecular weight is 476 g/mol. The topological polar surface area (TPSA) is 196 Å². The van der Waals surface area contributed by atoms with E-state index in [4.69, 9.17) is 30.3 Å². The Balaban J connectivity index is -0.000000455. The van der Waals surface area contributed by atoms with Gasteiger partial charge in [-0.05, 0) is 0 Å². The van der Waals surface area contributed by atoms with Crippen LogP contribution in [0.2, 0.25) is 0 Å². The fourth-order valence-corrected chi connectivity index (χ4v) is 1.93. The molecule has 12 nitrogen and oxygen atoms in total. The Morgan fingerprint density at radius 1 is 0.897 bits per heavy atom. The van der Waals surface area contributed by atoms with Crippen molar-refractivity contribution in [2.75, 3.05) is 27.7 Å². The Bertz CT molecular complexity index is 570. The van der Waals surface area contributed by atoms with E-state index in [1.165, 1.54) is 0 Å². The summed E-state index contributed by atoms with van der Waals surface area (Å²) < 4.78 is 5.62. The third-order valence-electron chi connectivity index (χ3n) is 3.03. The number of quaternary nitrogens is 1. The first-order valence-electron chi connectivity index (χ1n) is 8.13. The van der Waals surface area contributed by atoms with Crippen LogP contribution in [0.4, 0.5) is 0 Å². The second-order valence-electron chi connectivity index (χ2n) is 7.01. The van der Waals surface area contributed by atoms with Gasteiger partial charge in [0.05, 0.1) is 40.4 Å². The molecule has 0 aromatic rings. The van der Waals surface area contributed by atoms with E-state index < -0.39 is 48.4 Å². The van der Waals surface area contributed by atoms with Gasteiger partial charge in [-0.15, -0.1) is 0 Å². The van der Waals surface area contributed by atoms with Crippen molar-refractivity contribution in [1.29, 1.82) is 0 Å². The first-order valence-corrected chi connectivity index (χ1v) is 8.13. The monoisotopic (exact) mass is 474 g/mol. The quantitative estimate of drug-likeness (QED) is 0.143. The zero-order valence-corrected chi connectivity index (χ0v) is 19.9. The van der Waals surface area contributed by atoms with E-state index in [1.807, 2.05) is 21.1 Å². The van der Waals surface area contributed by atoms with E-state index in [0.29, 0.717) is 11.0 Å². The number of rotatable bonds is 11. The molecule has 0 saturated carbocycles. The van der Waals surface area contributed by atoms with Crippen LogP contribution in [0.3, 0.4) is 0 Å². The van der Waals surface area contributed by atoms with Crippen LogP contribution in [0, 0.1) is 0 Å². The molecule has 0 amide bonds. The minimum Gasteiger partial charge on any atom is -0.481 e. The number of aliphatic carboxylic acids is 4. The number of ether oxygens (including phenoxy) is 1. The fourth-order valence-electron chi connectivity index (χ4n) is 1.93. The smallest absolute Gasteiger partial charge is 0.481 e. The third kappa shape index (κ3) is 17.7. The minimum atomic E-state index is -2.74. The number of esters is 1. The fraction of sp³-hybridized carbons (Fsp3) is 0.688. The first kappa shape index (κ1) is 31.6. The van der Waals surface area contributed by atoms with E-state index in [1.54, 1.807) is 6.92 Å². The number of carboxylic acid groups (broad SMARTS) is 4. The largest absolute Gasteiger partial charge is 2.00 e. The van der Waals surface area contributed by atoms with Gasteiger partial charge in [0.15, 0.2) is 11.7 Å². The van der Waals surface area contributed by atoms with Gasteiger partial charge in [-0.2, -0.15) is 0 Å². The van der Waals surface area contributed by atoms with Crippen LogP contribution in [0.25, 0.3) is 0 Å². The second-order valence-corrected chi connectivity index (χ2v) is 7.01. The molecule has 0 aromatic carbocycles. The molecule has 0 aromatic heterocycles. The summed E-state index contributed by atoms with van der Waals surface area (Å²) in [5.41, 5.74) is -2.74. The van der Waals surface area contributed by atoms with Crippen LogP contribution >= 0.6 is 0 Å². The maximum atomic E-state index is 11.1. The molecule has 0 aliphatic heterocycles. The van der Waals surface area contributed by atoms with Gasteiger partial charge < -0.3 is 34.8 Å². The summed E-state index contributed by atoms with van der Waals surface area (Å²) in [6.45, 7) is 2.18. The molecule has 29 heavy (non-hydrogen) atoms. The van der Waals surface area contributed by atoms with Crippen LogP contribution in [-0.4, -0.2) is 99.3 Å². The van der Waals surface area contributed by atoms with Crippen molar-refractivity contribution in [3.63, 3.8) is 0 Å². The van der Waals surface area contributed by atoms with Gasteiger partial charge in [-0.25, -0.2) is 4.79 Å². The normalized spacial score (nSPS) is 11.8. The van der Waals surface area contributed by atoms with Crippen molar-refractivity contribution >= 4 is 29.8 Å². The van der Waals surface area contributed by atoms with Crippen molar-refractivity contribution in [3.05, 3.63) is 0 Å². The van der Waals surface area contributed by atoms with Gasteiger partial charge in [0.1, 0.15) is 6.54 Å². The third-order valence-corrected chi connectivity index (χ3v) is 3.03. The summed E-state index contributed by atoms with van der Waals surface area (Å²) in [4.78, 5) is 52.1. The molecule has 0 radical (unpaired) electrons. The van der Waals surface area contributed by atoms with Gasteiger partial charge in [-0.1, -0.05) is 6.92 Å². The van der Waals surface area contributed by atoms with Crippen molar-refractivity contribution in [1.82, 2.24) is 0 Å². The average Bonchev–Trinajstić information content (AvgIpc) is 2.43. The molecular formula is C16H28NO11Zn+3. The molecule has 0 saturated heterocycles. The summed E-state index contributed by atoms with van der Waals surface area (Å²) >= 11 is 0. The van der Waals surface area contributed by atoms with Gasteiger partial charge in [-0.3, -0.25) is 19.2 Å². The van der Waals surface area contributed by atoms with E-state index in [2.05, 4.69) is 0 Å². The van der Waals surface area contributed by atoms with Crippen molar-refractivity contribution in [2.24, 2.45) is 0 Å². The van der Waals surface area contributed by atoms with E-state index in [-0.39, 0.29) is 38.3 Å². The van der Waals surface area contributed by atoms with Crippen LogP contribution in [0.5, 0.6) is 0 Å². The second kappa shape index (κ2) is 14.0. The predicted octanol–water partition coefficient (Wildman–Crippen LogP) is -0.762. The van der Waals surface area contributed by atoms with Crippen LogP contribution in [0.15, 0.2) is 0 Å². The van der Waals surface area contributed by atoms with Gasteiger partial charge in [0.25, 0.3) is 0 Å². The molecule has 0 spiro atoms. The Kier molecular flexibility index (Phi) is 15.2. The Labute approximate surface area is 180 Å². The molecule has 0 aliphatic carbocycles. The van der Waals surface area contributed by atoms with Gasteiger partial charge >= 0.3 is 49.3 Å². The summed E-state index contributed by atoms with van der Waals surface area (Å²) in [5.74, 6) is -6.32. The van der Waals surface area contributed by atoms with E-state index in [0.717, 1.165) is 0 Å². The summed E-state index contributed by atoms with van der Waals surface area (Å²) in [6, 6.07) is 0. The molecule has 0 bridgehead atoms. The van der Waals surface area contributed by atoms with Crippen molar-refractivity contribution in [3.8, 4) is 0 Å². The molecule has 0 heterocycles. The summed E-state index contributed by atoms with van der Waals surface area (Å²) in [5, 5.41) is 42.5. The Morgan fingerprint density at radius 3 is 1.55 bits per heavy atom. The molecule has 0 aliphatic rings. The van der Waals surface area contributed by atoms with E-state index >= 15 is 0 Å². The number of aliphatic hydroxyl groups is 1. The van der Waals surface area contributed by atoms with Gasteiger partial charge in [0, 0.05) is 6.42 Å². The number of nitrogens with zero attached hydrogens (tertiary/aromatic N) is 1. The molecule has 5 N–H and O–H groups in total. The van der Waals surface area contributed by atoms with E-state index in [9.17, 15) is 24.0 Å². The molecule has 0 fully saturated rings. The molecular weight excluding hydrogens is 448 g/mol. The zero-order chi connectivity index (χ0) is 22.7. The number of carbonyl (C=O) groups excluding carboxylic acids is 1. The first-order chi connectivity index (χ1) is 12.5. The zero-order valence-electron chi connectivity index (χ0n) is 17.0. The number of carbonyl (C=O) groups is 5. The van der Waals surface area contributed by atoms with Crippen molar-refractivity contribution in [2.45, 2.75) is 44.3 Å². The molecule has 0 unspecified atom stereocenters. The summed E-state index contributed by atoms with van der Waals surface area (Å²) in [7, 11) is 5.78. The standard InChI is InChI=1S/C10H19NO4.C6H8O7.Zn/c1-5-10(14)15-8(6-9(12)13)7-11(2,3)4;7-3(8)1-6(13,5(11)12)2-4(9)10;/h8H,5-7H2,1-4H3;13H,1-2H2,(H,7,8)(H,9,10)(H,11,12);/q;;+2/p+1/t8-;;/m1../s1. The number of carboxylic acids is 4. The number of hydrogen-bond acceptors (Lipinski definition) is 7. The molecule has 1 atom stereocenters. The maximum Gasteiger partial charge on any atom is 2.00 e. The van der Waals surface area contributed by atoms with Crippen molar-refractivity contribution < 1.29 is 78.2 Å². The predicted molar refractivity (Wildman–Crippen MR) is 92.4 cm³/mol. The van der Waals surface area contributed by atoms with Crippen LogP contribution in [0.1, 0.15) is 32.6 Å². The Hall–Kier alpha value is -2.11. The number of hydrogen-bond donors (Lipinski definition) is 5. The number of likely N-dealkylation sites (N-methyl/N-ethyl adjacent to an activating group) is 1. The Morgan fingerprint density at radius 2 is 1.31 bits per heavy atom. The van der Waals surface area contributed by atoms with Crippen LogP contribution < -0.4 is 0 Å². The SMILES string of the molecule is CCC(=O)O[C@H](CC(=O)O)C[N+](C)(C)C.O=C(O)CC(O)(CC(=O)O)C(=O)O.[Zn+2]. The molecule has 162 valence electrons. The molecule has 0 rings (SSSR count). The minimum absolute atomic E-state index is 0. The molecule has 13 heteroatoms. The summed E-state index contributed by atoms with van der Waals surface area (Å²) in [6.07, 6.45) is -2.70. The van der Waals surface area contributed by atoms with Crippen LogP contribution in [-0.2, 0) is 48.2 Å². The van der Waals surface area contributed by atoms with Gasteiger partial charge in [0.2, 0.25) is 0 Å². The maximum absolute atomic E-state index is 11.1.